The van der Waals surface area contributed by atoms with E-state index in [0.29, 0.717) is 6.42 Å². The molecule has 4 heteroatoms. The fourth-order valence-electron chi connectivity index (χ4n) is 1.05. The third-order valence-corrected chi connectivity index (χ3v) is 2.63. The van der Waals surface area contributed by atoms with E-state index in [0.717, 1.165) is 13.1 Å². The molecule has 0 radical (unpaired) electrons. The molecule has 0 spiro atoms. The van der Waals surface area contributed by atoms with Crippen molar-refractivity contribution in [3.8, 4) is 0 Å². The lowest BCUT2D eigenvalue weighted by Crippen LogP contribution is -2.41. The van der Waals surface area contributed by atoms with Gasteiger partial charge in [0.15, 0.2) is 0 Å². The van der Waals surface area contributed by atoms with Gasteiger partial charge < -0.3 is 16.0 Å². The van der Waals surface area contributed by atoms with E-state index in [9.17, 15) is 4.79 Å². The van der Waals surface area contributed by atoms with Crippen molar-refractivity contribution in [3.05, 3.63) is 0 Å². The Bertz CT molecular complexity index is 198. The second-order valence-electron chi connectivity index (χ2n) is 5.10. The normalized spacial score (nSPS) is 13.7. The maximum absolute atomic E-state index is 11.7. The van der Waals surface area contributed by atoms with Crippen LogP contribution in [0.4, 0.5) is 0 Å². The number of nitrogens with one attached hydrogen (secondary N) is 1. The van der Waals surface area contributed by atoms with Crippen LogP contribution in [0.25, 0.3) is 0 Å². The van der Waals surface area contributed by atoms with Crippen molar-refractivity contribution in [1.82, 2.24) is 10.2 Å². The summed E-state index contributed by atoms with van der Waals surface area (Å²) in [6.45, 7) is 7.70. The molecule has 90 valence electrons. The standard InChI is InChI=1S/C11H25N3O/c1-11(2,3)9(12)8-10(15)14(5)7-6-13-4/h9,13H,6-8,12H2,1-5H3. The highest BCUT2D eigenvalue weighted by atomic mass is 16.2. The van der Waals surface area contributed by atoms with E-state index < -0.39 is 0 Å². The van der Waals surface area contributed by atoms with Crippen molar-refractivity contribution in [1.29, 1.82) is 0 Å². The number of rotatable bonds is 5. The number of carbonyl (C=O) groups excluding carboxylic acids is 1. The van der Waals surface area contributed by atoms with Gasteiger partial charge in [-0.25, -0.2) is 0 Å². The van der Waals surface area contributed by atoms with Crippen LogP contribution in [-0.2, 0) is 4.79 Å². The van der Waals surface area contributed by atoms with Crippen LogP contribution in [0.3, 0.4) is 0 Å². The van der Waals surface area contributed by atoms with Crippen molar-refractivity contribution < 1.29 is 4.79 Å². The third kappa shape index (κ3) is 5.74. The van der Waals surface area contributed by atoms with Crippen molar-refractivity contribution >= 4 is 5.91 Å². The fourth-order valence-corrected chi connectivity index (χ4v) is 1.05. The first-order valence-corrected chi connectivity index (χ1v) is 5.43. The molecule has 0 saturated carbocycles. The highest BCUT2D eigenvalue weighted by molar-refractivity contribution is 5.76. The molecule has 0 bridgehead atoms. The molecule has 1 unspecified atom stereocenters. The molecule has 0 fully saturated rings. The van der Waals surface area contributed by atoms with Gasteiger partial charge in [0, 0.05) is 32.6 Å². The van der Waals surface area contributed by atoms with Gasteiger partial charge in [0.25, 0.3) is 0 Å². The Balaban J connectivity index is 4.02. The summed E-state index contributed by atoms with van der Waals surface area (Å²) < 4.78 is 0. The molecule has 15 heavy (non-hydrogen) atoms. The van der Waals surface area contributed by atoms with Crippen LogP contribution in [0.15, 0.2) is 0 Å². The average Bonchev–Trinajstić information content (AvgIpc) is 2.12. The number of hydrogen-bond donors (Lipinski definition) is 2. The molecule has 0 aliphatic heterocycles. The minimum atomic E-state index is -0.0814. The number of carbonyl (C=O) groups is 1. The molecule has 1 atom stereocenters. The van der Waals surface area contributed by atoms with E-state index in [1.165, 1.54) is 0 Å². The molecule has 1 amide bonds. The van der Waals surface area contributed by atoms with Gasteiger partial charge in [0.1, 0.15) is 0 Å². The van der Waals surface area contributed by atoms with Gasteiger partial charge in [-0.3, -0.25) is 4.79 Å². The highest BCUT2D eigenvalue weighted by Gasteiger charge is 2.24. The van der Waals surface area contributed by atoms with E-state index in [4.69, 9.17) is 5.73 Å². The second-order valence-corrected chi connectivity index (χ2v) is 5.10. The maximum Gasteiger partial charge on any atom is 0.223 e. The molecule has 0 aromatic heterocycles. The molecule has 0 rings (SSSR count). The predicted octanol–water partition coefficient (Wildman–Crippen LogP) is 0.428. The number of nitrogens with two attached hydrogens (primary N) is 1. The molecule has 3 N–H and O–H groups in total. The largest absolute Gasteiger partial charge is 0.344 e. The topological polar surface area (TPSA) is 58.4 Å². The fraction of sp³-hybridized carbons (Fsp3) is 0.909. The van der Waals surface area contributed by atoms with E-state index >= 15 is 0 Å². The van der Waals surface area contributed by atoms with Gasteiger partial charge in [-0.15, -0.1) is 0 Å². The number of nitrogens with zero attached hydrogens (tertiary/aromatic N) is 1. The summed E-state index contributed by atoms with van der Waals surface area (Å²) in [4.78, 5) is 13.4. The number of hydrogen-bond acceptors (Lipinski definition) is 3. The Hall–Kier alpha value is -0.610. The van der Waals surface area contributed by atoms with Crippen LogP contribution in [-0.4, -0.2) is 44.0 Å². The molecule has 0 aliphatic rings. The Morgan fingerprint density at radius 3 is 2.40 bits per heavy atom. The van der Waals surface area contributed by atoms with Gasteiger partial charge in [0.2, 0.25) is 5.91 Å². The smallest absolute Gasteiger partial charge is 0.223 e. The SMILES string of the molecule is CNCCN(C)C(=O)CC(N)C(C)(C)C. The maximum atomic E-state index is 11.7. The Morgan fingerprint density at radius 1 is 1.47 bits per heavy atom. The molecule has 0 aromatic carbocycles. The minimum Gasteiger partial charge on any atom is -0.344 e. The van der Waals surface area contributed by atoms with Crippen LogP contribution in [0.2, 0.25) is 0 Å². The first kappa shape index (κ1) is 14.4. The Kier molecular flexibility index (Phi) is 5.83. The van der Waals surface area contributed by atoms with Crippen LogP contribution >= 0.6 is 0 Å². The molecule has 0 saturated heterocycles. The van der Waals surface area contributed by atoms with Gasteiger partial charge >= 0.3 is 0 Å². The van der Waals surface area contributed by atoms with Gasteiger partial charge in [0.05, 0.1) is 0 Å². The minimum absolute atomic E-state index is 0.0144. The summed E-state index contributed by atoms with van der Waals surface area (Å²) in [7, 11) is 3.69. The van der Waals surface area contributed by atoms with Gasteiger partial charge in [-0.2, -0.15) is 0 Å². The third-order valence-electron chi connectivity index (χ3n) is 2.63. The molecular formula is C11H25N3O. The van der Waals surface area contributed by atoms with Gasteiger partial charge in [-0.05, 0) is 12.5 Å². The van der Waals surface area contributed by atoms with Crippen molar-refractivity contribution in [2.24, 2.45) is 11.1 Å². The zero-order chi connectivity index (χ0) is 12.1. The monoisotopic (exact) mass is 215 g/mol. The lowest BCUT2D eigenvalue weighted by Gasteiger charge is -2.28. The summed E-state index contributed by atoms with van der Waals surface area (Å²) in [5, 5.41) is 3.01. The lowest BCUT2D eigenvalue weighted by molar-refractivity contribution is -0.130. The van der Waals surface area contributed by atoms with Crippen molar-refractivity contribution in [2.45, 2.75) is 33.2 Å². The van der Waals surface area contributed by atoms with E-state index in [1.54, 1.807) is 4.90 Å². The molecule has 0 heterocycles. The van der Waals surface area contributed by atoms with Crippen LogP contribution in [0.1, 0.15) is 27.2 Å². The van der Waals surface area contributed by atoms with Crippen molar-refractivity contribution in [3.63, 3.8) is 0 Å². The molecular weight excluding hydrogens is 190 g/mol. The lowest BCUT2D eigenvalue weighted by atomic mass is 9.85. The number of likely N-dealkylation sites (N-methyl/N-ethyl adjacent to an activating group) is 2. The summed E-state index contributed by atoms with van der Waals surface area (Å²) in [5.74, 6) is 0.118. The summed E-state index contributed by atoms with van der Waals surface area (Å²) in [6, 6.07) is -0.0814. The second kappa shape index (κ2) is 6.08. The average molecular weight is 215 g/mol. The quantitative estimate of drug-likeness (QED) is 0.699. The summed E-state index contributed by atoms with van der Waals surface area (Å²) in [5.41, 5.74) is 5.94. The molecule has 0 aromatic rings. The number of amides is 1. The molecule has 0 aliphatic carbocycles. The van der Waals surface area contributed by atoms with Crippen LogP contribution in [0, 0.1) is 5.41 Å². The zero-order valence-corrected chi connectivity index (χ0v) is 10.6. The first-order chi connectivity index (χ1) is 6.79. The first-order valence-electron chi connectivity index (χ1n) is 5.43. The van der Waals surface area contributed by atoms with Gasteiger partial charge in [-0.1, -0.05) is 20.8 Å². The van der Waals surface area contributed by atoms with Crippen molar-refractivity contribution in [2.75, 3.05) is 27.2 Å². The predicted molar refractivity (Wildman–Crippen MR) is 63.6 cm³/mol. The van der Waals surface area contributed by atoms with Crippen LogP contribution < -0.4 is 11.1 Å². The summed E-state index contributed by atoms with van der Waals surface area (Å²) in [6.07, 6.45) is 0.420. The summed E-state index contributed by atoms with van der Waals surface area (Å²) >= 11 is 0. The van der Waals surface area contributed by atoms with E-state index in [-0.39, 0.29) is 17.4 Å². The highest BCUT2D eigenvalue weighted by Crippen LogP contribution is 2.20. The zero-order valence-electron chi connectivity index (χ0n) is 10.6. The van der Waals surface area contributed by atoms with Crippen LogP contribution in [0.5, 0.6) is 0 Å². The van der Waals surface area contributed by atoms with E-state index in [1.807, 2.05) is 14.1 Å². The van der Waals surface area contributed by atoms with E-state index in [2.05, 4.69) is 26.1 Å². The Labute approximate surface area is 93.2 Å². The Morgan fingerprint density at radius 2 is 2.00 bits per heavy atom. The molecule has 4 nitrogen and oxygen atoms in total.